The second-order valence-electron chi connectivity index (χ2n) is 15.5. The van der Waals surface area contributed by atoms with Gasteiger partial charge in [0.05, 0.1) is 0 Å². The first kappa shape index (κ1) is 37.7. The number of rotatable bonds is 11. The fraction of sp³-hybridized carbons (Fsp3) is 0.294. The van der Waals surface area contributed by atoms with E-state index in [-0.39, 0.29) is 5.41 Å². The lowest BCUT2D eigenvalue weighted by Crippen LogP contribution is -2.34. The van der Waals surface area contributed by atoms with E-state index in [1.165, 1.54) is 89.8 Å². The summed E-state index contributed by atoms with van der Waals surface area (Å²) in [6, 6.07) is 46.1. The van der Waals surface area contributed by atoms with Gasteiger partial charge < -0.3 is 9.80 Å². The Morgan fingerprint density at radius 1 is 0.377 bits per heavy atom. The second kappa shape index (κ2) is 15.5. The minimum Gasteiger partial charge on any atom is -0.310 e. The highest BCUT2D eigenvalue weighted by molar-refractivity contribution is 5.79. The van der Waals surface area contributed by atoms with Gasteiger partial charge in [0.2, 0.25) is 0 Å². The van der Waals surface area contributed by atoms with Gasteiger partial charge in [0.1, 0.15) is 0 Å². The molecule has 0 N–H and O–H groups in total. The molecule has 0 fully saturated rings. The smallest absolute Gasteiger partial charge is 0.0464 e. The van der Waals surface area contributed by atoms with Crippen LogP contribution in [-0.4, -0.2) is 0 Å². The topological polar surface area (TPSA) is 6.48 Å². The molecule has 0 radical (unpaired) electrons. The summed E-state index contributed by atoms with van der Waals surface area (Å²) in [5, 5.41) is 0. The van der Waals surface area contributed by atoms with Gasteiger partial charge in [-0.05, 0) is 196 Å². The van der Waals surface area contributed by atoms with Crippen LogP contribution in [0.1, 0.15) is 89.2 Å². The van der Waals surface area contributed by atoms with E-state index in [1.54, 1.807) is 0 Å². The van der Waals surface area contributed by atoms with Crippen molar-refractivity contribution in [2.75, 3.05) is 9.80 Å². The summed E-state index contributed by atoms with van der Waals surface area (Å²) in [4.78, 5) is 4.81. The van der Waals surface area contributed by atoms with Crippen LogP contribution in [0.15, 0.2) is 121 Å². The molecule has 6 rings (SSSR count). The molecule has 0 bridgehead atoms. The van der Waals surface area contributed by atoms with Crippen LogP contribution >= 0.6 is 0 Å². The largest absolute Gasteiger partial charge is 0.310 e. The van der Waals surface area contributed by atoms with E-state index < -0.39 is 0 Å². The summed E-state index contributed by atoms with van der Waals surface area (Å²) >= 11 is 0. The molecule has 272 valence electrons. The summed E-state index contributed by atoms with van der Waals surface area (Å²) < 4.78 is 0. The highest BCUT2D eigenvalue weighted by atomic mass is 15.1. The summed E-state index contributed by atoms with van der Waals surface area (Å²) in [5.41, 5.74) is 20.1. The van der Waals surface area contributed by atoms with Crippen molar-refractivity contribution in [1.29, 1.82) is 0 Å². The first-order chi connectivity index (χ1) is 25.4. The Kier molecular flexibility index (Phi) is 11.0. The maximum absolute atomic E-state index is 2.43. The zero-order valence-corrected chi connectivity index (χ0v) is 33.9. The van der Waals surface area contributed by atoms with E-state index in [9.17, 15) is 0 Å². The molecule has 0 aliphatic rings. The zero-order valence-electron chi connectivity index (χ0n) is 33.9. The van der Waals surface area contributed by atoms with Crippen molar-refractivity contribution in [3.63, 3.8) is 0 Å². The molecule has 0 aliphatic carbocycles. The lowest BCUT2D eigenvalue weighted by atomic mass is 9.64. The van der Waals surface area contributed by atoms with Crippen molar-refractivity contribution in [3.8, 4) is 0 Å². The van der Waals surface area contributed by atoms with Crippen LogP contribution in [0.4, 0.5) is 34.1 Å². The molecule has 0 saturated carbocycles. The van der Waals surface area contributed by atoms with Crippen LogP contribution in [0.3, 0.4) is 0 Å². The third-order valence-corrected chi connectivity index (χ3v) is 12.3. The van der Waals surface area contributed by atoms with Gasteiger partial charge in [-0.1, -0.05) is 75.7 Å². The molecule has 0 heterocycles. The molecule has 53 heavy (non-hydrogen) atoms. The number of anilines is 6. The Hall–Kier alpha value is -5.08. The molecule has 6 aromatic carbocycles. The molecule has 0 aliphatic heterocycles. The van der Waals surface area contributed by atoms with Crippen LogP contribution in [0, 0.1) is 61.3 Å². The first-order valence-corrected chi connectivity index (χ1v) is 19.5. The Bertz CT molecular complexity index is 1950. The summed E-state index contributed by atoms with van der Waals surface area (Å²) in [6.07, 6.45) is 2.10. The van der Waals surface area contributed by atoms with Crippen LogP contribution in [-0.2, 0) is 5.41 Å². The molecular weight excluding hydrogens is 641 g/mol. The van der Waals surface area contributed by atoms with Crippen molar-refractivity contribution in [3.05, 3.63) is 177 Å². The summed E-state index contributed by atoms with van der Waals surface area (Å²) in [6.45, 7) is 24.7. The van der Waals surface area contributed by atoms with Gasteiger partial charge in [0.15, 0.2) is 0 Å². The van der Waals surface area contributed by atoms with E-state index in [2.05, 4.69) is 207 Å². The standard InChI is InChI=1S/C51H58N2/c1-12-42(11)51(13-2,43-18-26-45(27-19-43)52(47-22-14-34(3)38(7)30-47)48-23-15-35(4)39(8)31-48)44-20-28-46(29-21-44)53(49-24-16-36(5)40(9)32-49)50-25-17-37(6)41(10)33-50/h14-33,42H,12-13H2,1-11H3. The highest BCUT2D eigenvalue weighted by Crippen LogP contribution is 2.46. The van der Waals surface area contributed by atoms with E-state index in [0.717, 1.165) is 12.8 Å². The minimum atomic E-state index is -0.136. The molecule has 0 aromatic heterocycles. The molecule has 6 aromatic rings. The van der Waals surface area contributed by atoms with E-state index in [0.29, 0.717) is 5.92 Å². The number of hydrogen-bond donors (Lipinski definition) is 0. The van der Waals surface area contributed by atoms with Gasteiger partial charge in [-0.25, -0.2) is 0 Å². The van der Waals surface area contributed by atoms with Gasteiger partial charge in [-0.3, -0.25) is 0 Å². The first-order valence-electron chi connectivity index (χ1n) is 19.5. The van der Waals surface area contributed by atoms with E-state index in [1.807, 2.05) is 0 Å². The van der Waals surface area contributed by atoms with Crippen molar-refractivity contribution in [2.24, 2.45) is 5.92 Å². The Balaban J connectivity index is 1.44. The monoisotopic (exact) mass is 698 g/mol. The van der Waals surface area contributed by atoms with E-state index in [4.69, 9.17) is 0 Å². The normalized spacial score (nSPS) is 12.1. The molecule has 1 unspecified atom stereocenters. The maximum Gasteiger partial charge on any atom is 0.0464 e. The van der Waals surface area contributed by atoms with Gasteiger partial charge >= 0.3 is 0 Å². The molecule has 0 amide bonds. The van der Waals surface area contributed by atoms with Gasteiger partial charge in [0, 0.05) is 39.5 Å². The van der Waals surface area contributed by atoms with Gasteiger partial charge in [-0.15, -0.1) is 0 Å². The third-order valence-electron chi connectivity index (χ3n) is 12.3. The SMILES string of the molecule is CCC(C)C(CC)(c1ccc(N(c2ccc(C)c(C)c2)c2ccc(C)c(C)c2)cc1)c1ccc(N(c2ccc(C)c(C)c2)c2ccc(C)c(C)c2)cc1. The molecule has 0 saturated heterocycles. The van der Waals surface area contributed by atoms with Crippen molar-refractivity contribution in [1.82, 2.24) is 0 Å². The van der Waals surface area contributed by atoms with Crippen molar-refractivity contribution < 1.29 is 0 Å². The molecule has 2 heteroatoms. The fourth-order valence-corrected chi connectivity index (χ4v) is 8.01. The Labute approximate surface area is 320 Å². The second-order valence-corrected chi connectivity index (χ2v) is 15.5. The molecular formula is C51H58N2. The average Bonchev–Trinajstić information content (AvgIpc) is 3.16. The van der Waals surface area contributed by atoms with Crippen molar-refractivity contribution >= 4 is 34.1 Å². The molecule has 1 atom stereocenters. The third kappa shape index (κ3) is 7.30. The molecule has 0 spiro atoms. The Morgan fingerprint density at radius 3 is 0.868 bits per heavy atom. The van der Waals surface area contributed by atoms with Crippen LogP contribution in [0.2, 0.25) is 0 Å². The number of nitrogens with zero attached hydrogens (tertiary/aromatic N) is 2. The highest BCUT2D eigenvalue weighted by Gasteiger charge is 2.37. The minimum absolute atomic E-state index is 0.136. The fourth-order valence-electron chi connectivity index (χ4n) is 8.01. The predicted molar refractivity (Wildman–Crippen MR) is 231 cm³/mol. The molecule has 2 nitrogen and oxygen atoms in total. The quantitative estimate of drug-likeness (QED) is 0.133. The van der Waals surface area contributed by atoms with Gasteiger partial charge in [-0.2, -0.15) is 0 Å². The summed E-state index contributed by atoms with van der Waals surface area (Å²) in [5.74, 6) is 0.440. The van der Waals surface area contributed by atoms with Crippen molar-refractivity contribution in [2.45, 2.75) is 94.4 Å². The van der Waals surface area contributed by atoms with Gasteiger partial charge in [0.25, 0.3) is 0 Å². The lowest BCUT2D eigenvalue weighted by molar-refractivity contribution is 0.324. The van der Waals surface area contributed by atoms with Crippen LogP contribution < -0.4 is 9.80 Å². The average molecular weight is 699 g/mol. The number of hydrogen-bond acceptors (Lipinski definition) is 2. The van der Waals surface area contributed by atoms with E-state index >= 15 is 0 Å². The zero-order chi connectivity index (χ0) is 38.0. The number of benzene rings is 6. The predicted octanol–water partition coefficient (Wildman–Crippen LogP) is 14.8. The Morgan fingerprint density at radius 2 is 0.642 bits per heavy atom. The van der Waals surface area contributed by atoms with Crippen LogP contribution in [0.5, 0.6) is 0 Å². The number of aryl methyl sites for hydroxylation is 8. The maximum atomic E-state index is 2.43. The lowest BCUT2D eigenvalue weighted by Gasteiger charge is -2.40. The summed E-state index contributed by atoms with van der Waals surface area (Å²) in [7, 11) is 0. The van der Waals surface area contributed by atoms with Crippen LogP contribution in [0.25, 0.3) is 0 Å².